The zero-order chi connectivity index (χ0) is 19.3. The van der Waals surface area contributed by atoms with Gasteiger partial charge in [-0.3, -0.25) is 4.79 Å². The number of carbonyl (C=O) groups excluding carboxylic acids is 1. The quantitative estimate of drug-likeness (QED) is 0.723. The molecule has 144 valence electrons. The number of aliphatic carboxylic acids is 1. The van der Waals surface area contributed by atoms with Crippen molar-refractivity contribution in [2.24, 2.45) is 5.92 Å². The molecule has 1 aromatic rings. The normalized spacial score (nSPS) is 19.7. The van der Waals surface area contributed by atoms with Crippen LogP contribution < -0.4 is 5.32 Å². The molecule has 1 saturated heterocycles. The molecule has 0 radical (unpaired) electrons. The Labute approximate surface area is 153 Å². The number of ether oxygens (including phenoxy) is 1. The van der Waals surface area contributed by atoms with Crippen molar-refractivity contribution in [3.63, 3.8) is 0 Å². The summed E-state index contributed by atoms with van der Waals surface area (Å²) in [4.78, 5) is 23.1. The van der Waals surface area contributed by atoms with Crippen molar-refractivity contribution < 1.29 is 27.9 Å². The number of hydrogen-bond acceptors (Lipinski definition) is 5. The number of piperidine rings is 1. The van der Waals surface area contributed by atoms with Gasteiger partial charge in [-0.05, 0) is 43.0 Å². The summed E-state index contributed by atoms with van der Waals surface area (Å²) in [5.41, 5.74) is 0.246. The van der Waals surface area contributed by atoms with Gasteiger partial charge in [-0.1, -0.05) is 6.92 Å². The van der Waals surface area contributed by atoms with Gasteiger partial charge in [-0.2, -0.15) is 4.31 Å². The van der Waals surface area contributed by atoms with Crippen molar-refractivity contribution in [1.29, 1.82) is 0 Å². The molecule has 8 nitrogen and oxygen atoms in total. The molecule has 0 aliphatic carbocycles. The van der Waals surface area contributed by atoms with Crippen molar-refractivity contribution in [2.75, 3.05) is 26.7 Å². The largest absolute Gasteiger partial charge is 0.479 e. The fourth-order valence-corrected chi connectivity index (χ4v) is 4.45. The number of sulfonamides is 1. The van der Waals surface area contributed by atoms with E-state index in [2.05, 4.69) is 5.32 Å². The van der Waals surface area contributed by atoms with Crippen LogP contribution >= 0.6 is 0 Å². The molecule has 0 aromatic heterocycles. The van der Waals surface area contributed by atoms with Gasteiger partial charge in [0.2, 0.25) is 10.0 Å². The second kappa shape index (κ2) is 8.61. The summed E-state index contributed by atoms with van der Waals surface area (Å²) in [7, 11) is -2.33. The van der Waals surface area contributed by atoms with E-state index in [1.807, 2.05) is 6.92 Å². The Morgan fingerprint density at radius 3 is 2.54 bits per heavy atom. The molecule has 1 aromatic carbocycles. The number of benzene rings is 1. The highest BCUT2D eigenvalue weighted by atomic mass is 32.2. The Hall–Kier alpha value is -1.97. The third-order valence-electron chi connectivity index (χ3n) is 4.38. The van der Waals surface area contributed by atoms with Crippen molar-refractivity contribution in [3.05, 3.63) is 29.8 Å². The molecule has 1 aliphatic heterocycles. The van der Waals surface area contributed by atoms with Gasteiger partial charge in [0.05, 0.1) is 11.4 Å². The standard InChI is InChI=1S/C17H24N2O6S/c1-12-4-3-9-19(11-12)26(23,24)14-7-5-13(6-8-14)16(20)18-10-15(25-2)17(21)22/h5-8,12,15H,3-4,9-11H2,1-2H3,(H,18,20)(H,21,22). The lowest BCUT2D eigenvalue weighted by Gasteiger charge is -2.30. The monoisotopic (exact) mass is 384 g/mol. The Bertz CT molecular complexity index is 747. The van der Waals surface area contributed by atoms with Crippen LogP contribution in [0.1, 0.15) is 30.1 Å². The maximum atomic E-state index is 12.7. The second-order valence-electron chi connectivity index (χ2n) is 6.41. The lowest BCUT2D eigenvalue weighted by molar-refractivity contribution is -0.148. The molecule has 26 heavy (non-hydrogen) atoms. The summed E-state index contributed by atoms with van der Waals surface area (Å²) in [5.74, 6) is -1.35. The molecule has 1 aliphatic rings. The van der Waals surface area contributed by atoms with Gasteiger partial charge in [0, 0.05) is 25.8 Å². The van der Waals surface area contributed by atoms with Gasteiger partial charge in [0.1, 0.15) is 0 Å². The highest BCUT2D eigenvalue weighted by Gasteiger charge is 2.28. The van der Waals surface area contributed by atoms with Crippen LogP contribution in [0.2, 0.25) is 0 Å². The van der Waals surface area contributed by atoms with E-state index in [-0.39, 0.29) is 17.0 Å². The van der Waals surface area contributed by atoms with Crippen molar-refractivity contribution in [2.45, 2.75) is 30.8 Å². The van der Waals surface area contributed by atoms with E-state index in [4.69, 9.17) is 9.84 Å². The predicted molar refractivity (Wildman–Crippen MR) is 94.4 cm³/mol. The number of hydrogen-bond donors (Lipinski definition) is 2. The van der Waals surface area contributed by atoms with Crippen molar-refractivity contribution in [3.8, 4) is 0 Å². The third kappa shape index (κ3) is 4.80. The highest BCUT2D eigenvalue weighted by molar-refractivity contribution is 7.89. The number of methoxy groups -OCH3 is 1. The Morgan fingerprint density at radius 2 is 2.00 bits per heavy atom. The van der Waals surface area contributed by atoms with Crippen molar-refractivity contribution in [1.82, 2.24) is 9.62 Å². The van der Waals surface area contributed by atoms with Crippen LogP contribution in [0.5, 0.6) is 0 Å². The van der Waals surface area contributed by atoms with Gasteiger partial charge in [0.25, 0.3) is 5.91 Å². The van der Waals surface area contributed by atoms with E-state index in [1.54, 1.807) is 0 Å². The molecule has 1 heterocycles. The Balaban J connectivity index is 2.05. The minimum atomic E-state index is -3.57. The minimum absolute atomic E-state index is 0.142. The van der Waals surface area contributed by atoms with Crippen LogP contribution in [-0.4, -0.2) is 62.6 Å². The second-order valence-corrected chi connectivity index (χ2v) is 8.35. The van der Waals surface area contributed by atoms with Crippen LogP contribution in [0.25, 0.3) is 0 Å². The Morgan fingerprint density at radius 1 is 1.35 bits per heavy atom. The topological polar surface area (TPSA) is 113 Å². The lowest BCUT2D eigenvalue weighted by Crippen LogP contribution is -2.39. The van der Waals surface area contributed by atoms with Crippen LogP contribution in [0.3, 0.4) is 0 Å². The predicted octanol–water partition coefficient (Wildman–Crippen LogP) is 0.937. The van der Waals surface area contributed by atoms with Crippen molar-refractivity contribution >= 4 is 21.9 Å². The summed E-state index contributed by atoms with van der Waals surface area (Å²) in [5, 5.41) is 11.3. The third-order valence-corrected chi connectivity index (χ3v) is 6.26. The molecule has 2 rings (SSSR count). The van der Waals surface area contributed by atoms with E-state index in [0.29, 0.717) is 19.0 Å². The molecule has 1 amide bonds. The van der Waals surface area contributed by atoms with E-state index in [1.165, 1.54) is 35.7 Å². The first-order valence-electron chi connectivity index (χ1n) is 8.39. The summed E-state index contributed by atoms with van der Waals surface area (Å²) in [6, 6.07) is 5.62. The summed E-state index contributed by atoms with van der Waals surface area (Å²) in [6.07, 6.45) is 0.717. The Kier molecular flexibility index (Phi) is 6.74. The number of rotatable bonds is 7. The molecule has 2 unspecified atom stereocenters. The smallest absolute Gasteiger partial charge is 0.334 e. The molecule has 0 bridgehead atoms. The molecule has 2 atom stereocenters. The van der Waals surface area contributed by atoms with E-state index in [0.717, 1.165) is 12.8 Å². The van der Waals surface area contributed by atoms with Crippen LogP contribution in [0.15, 0.2) is 29.2 Å². The van der Waals surface area contributed by atoms with Gasteiger partial charge in [0.15, 0.2) is 6.10 Å². The summed E-state index contributed by atoms with van der Waals surface area (Å²) >= 11 is 0. The maximum Gasteiger partial charge on any atom is 0.334 e. The van der Waals surface area contributed by atoms with Crippen LogP contribution in [0, 0.1) is 5.92 Å². The van der Waals surface area contributed by atoms with Crippen LogP contribution in [0.4, 0.5) is 0 Å². The number of nitrogens with zero attached hydrogens (tertiary/aromatic N) is 1. The molecule has 0 spiro atoms. The van der Waals surface area contributed by atoms with E-state index < -0.39 is 28.0 Å². The van der Waals surface area contributed by atoms with E-state index in [9.17, 15) is 18.0 Å². The number of carboxylic acids is 1. The maximum absolute atomic E-state index is 12.7. The minimum Gasteiger partial charge on any atom is -0.479 e. The van der Waals surface area contributed by atoms with Gasteiger partial charge < -0.3 is 15.2 Å². The zero-order valence-electron chi connectivity index (χ0n) is 14.8. The average Bonchev–Trinajstić information content (AvgIpc) is 2.62. The molecule has 2 N–H and O–H groups in total. The molecule has 0 saturated carbocycles. The zero-order valence-corrected chi connectivity index (χ0v) is 15.7. The first-order chi connectivity index (χ1) is 12.3. The first-order valence-corrected chi connectivity index (χ1v) is 9.83. The van der Waals surface area contributed by atoms with E-state index >= 15 is 0 Å². The molecule has 1 fully saturated rings. The molecular formula is C17H24N2O6S. The van der Waals surface area contributed by atoms with Gasteiger partial charge in [-0.15, -0.1) is 0 Å². The number of carbonyl (C=O) groups is 2. The van der Waals surface area contributed by atoms with Gasteiger partial charge in [-0.25, -0.2) is 13.2 Å². The fraction of sp³-hybridized carbons (Fsp3) is 0.529. The highest BCUT2D eigenvalue weighted by Crippen LogP contribution is 2.23. The number of amides is 1. The molecule has 9 heteroatoms. The summed E-state index contributed by atoms with van der Waals surface area (Å²) < 4.78 is 31.6. The van der Waals surface area contributed by atoms with Gasteiger partial charge >= 0.3 is 5.97 Å². The summed E-state index contributed by atoms with van der Waals surface area (Å²) in [6.45, 7) is 2.84. The number of carboxylic acid groups (broad SMARTS) is 1. The SMILES string of the molecule is COC(CNC(=O)c1ccc(S(=O)(=O)N2CCCC(C)C2)cc1)C(=O)O. The van der Waals surface area contributed by atoms with Crippen LogP contribution in [-0.2, 0) is 19.6 Å². The lowest BCUT2D eigenvalue weighted by atomic mass is 10.0. The molecular weight excluding hydrogens is 360 g/mol. The number of nitrogens with one attached hydrogen (secondary N) is 1. The first kappa shape index (κ1) is 20.3. The average molecular weight is 384 g/mol. The fourth-order valence-electron chi connectivity index (χ4n) is 2.85.